The van der Waals surface area contributed by atoms with E-state index in [0.29, 0.717) is 5.57 Å². The number of allylic oxidation sites excluding steroid dienone is 1. The van der Waals surface area contributed by atoms with Crippen LogP contribution >= 0.6 is 15.4 Å². The second-order valence-electron chi connectivity index (χ2n) is 14.2. The van der Waals surface area contributed by atoms with Crippen LogP contribution in [0.4, 0.5) is 0 Å². The largest absolute Gasteiger partial charge is 0.778 e. The second kappa shape index (κ2) is 33.7. The molecule has 11 heteroatoms. The molecule has 0 aliphatic carbocycles. The molecule has 2 atom stereocenters. The molecule has 0 saturated heterocycles. The molecule has 2 N–H and O–H groups in total. The number of unbranched alkanes of at least 4 members (excludes halogenated alkanes) is 8. The maximum absolute atomic E-state index is 10.9. The molecule has 0 radical (unpaired) electrons. The van der Waals surface area contributed by atoms with Crippen LogP contribution in [0, 0.1) is 0 Å². The van der Waals surface area contributed by atoms with Gasteiger partial charge in [-0.2, -0.15) is 0 Å². The maximum Gasteiger partial charge on any atom is 0.270 e. The minimum Gasteiger partial charge on any atom is -0.778 e. The van der Waals surface area contributed by atoms with Crippen molar-refractivity contribution < 1.29 is 42.2 Å². The number of aliphatic hydroxyl groups excluding tert-OH is 1. The summed E-state index contributed by atoms with van der Waals surface area (Å²) in [4.78, 5) is 29.2. The molecule has 0 rings (SSSR count). The van der Waals surface area contributed by atoms with Crippen molar-refractivity contribution in [1.82, 2.24) is 0 Å². The molecule has 0 amide bonds. The van der Waals surface area contributed by atoms with Gasteiger partial charge in [0.05, 0.1) is 59.0 Å². The molecule has 0 aromatic rings. The van der Waals surface area contributed by atoms with Gasteiger partial charge in [0, 0.05) is 6.16 Å². The molecule has 0 aliphatic rings. The summed E-state index contributed by atoms with van der Waals surface area (Å²) in [6.45, 7) is 31.4. The standard InChI is InChI=1S/2C16H36N.C6H14O7P2/c2*1-5-9-13-17(14-10-6-2,15-11-7-3)16-12-8-4;1-6(5-7)3-2-4-14(8,9)13-15(10,11)12/h2*5-16H2,1-4H3;3,7H,2,4-5H2,1H3,(H,8,9)(H2,10,11,12)/q2*+1;/p-2/b;;6-3-. The van der Waals surface area contributed by atoms with Crippen molar-refractivity contribution in [3.8, 4) is 0 Å². The molecular formula is C38H84N2O7P2. The lowest BCUT2D eigenvalue weighted by Gasteiger charge is -2.39. The van der Waals surface area contributed by atoms with E-state index in [-0.39, 0.29) is 13.0 Å². The van der Waals surface area contributed by atoms with E-state index in [1.54, 1.807) is 6.92 Å². The van der Waals surface area contributed by atoms with Crippen LogP contribution in [0.5, 0.6) is 0 Å². The lowest BCUT2D eigenvalue weighted by Crippen LogP contribution is -2.50. The normalized spacial score (nSPS) is 14.7. The Morgan fingerprint density at radius 3 is 1.00 bits per heavy atom. The molecule has 0 spiro atoms. The smallest absolute Gasteiger partial charge is 0.270 e. The van der Waals surface area contributed by atoms with Gasteiger partial charge in [0.25, 0.3) is 7.82 Å². The molecule has 0 saturated carbocycles. The Labute approximate surface area is 305 Å². The fourth-order valence-corrected chi connectivity index (χ4v) is 8.05. The molecule has 0 aromatic heterocycles. The van der Waals surface area contributed by atoms with E-state index < -0.39 is 21.6 Å². The average molecular weight is 743 g/mol. The van der Waals surface area contributed by atoms with Gasteiger partial charge in [0.1, 0.15) is 7.60 Å². The zero-order valence-electron chi connectivity index (χ0n) is 33.9. The fourth-order valence-electron chi connectivity index (χ4n) is 6.02. The highest BCUT2D eigenvalue weighted by atomic mass is 31.3. The molecule has 49 heavy (non-hydrogen) atoms. The Bertz CT molecular complexity index is 741. The Kier molecular flexibility index (Phi) is 36.7. The first kappa shape index (κ1) is 53.3. The summed E-state index contributed by atoms with van der Waals surface area (Å²) in [6, 6.07) is 0. The van der Waals surface area contributed by atoms with Crippen molar-refractivity contribution in [2.24, 2.45) is 0 Å². The summed E-state index contributed by atoms with van der Waals surface area (Å²) < 4.78 is 27.4. The predicted molar refractivity (Wildman–Crippen MR) is 208 cm³/mol. The number of hydrogen-bond acceptors (Lipinski definition) is 6. The first-order valence-corrected chi connectivity index (χ1v) is 23.4. The van der Waals surface area contributed by atoms with Crippen molar-refractivity contribution in [1.29, 1.82) is 0 Å². The van der Waals surface area contributed by atoms with Crippen molar-refractivity contribution in [2.75, 3.05) is 65.1 Å². The molecule has 0 aromatic carbocycles. The van der Waals surface area contributed by atoms with Crippen LogP contribution < -0.4 is 9.79 Å². The van der Waals surface area contributed by atoms with Crippen LogP contribution in [0.1, 0.15) is 171 Å². The van der Waals surface area contributed by atoms with Gasteiger partial charge in [-0.25, -0.2) is 0 Å². The van der Waals surface area contributed by atoms with Crippen molar-refractivity contribution in [2.45, 2.75) is 171 Å². The summed E-state index contributed by atoms with van der Waals surface area (Å²) in [6.07, 6.45) is 23.0. The van der Waals surface area contributed by atoms with E-state index in [0.717, 1.165) is 0 Å². The van der Waals surface area contributed by atoms with Gasteiger partial charge in [-0.15, -0.1) is 0 Å². The van der Waals surface area contributed by atoms with Crippen molar-refractivity contribution in [3.05, 3.63) is 11.6 Å². The highest BCUT2D eigenvalue weighted by molar-refractivity contribution is 7.62. The summed E-state index contributed by atoms with van der Waals surface area (Å²) in [7, 11) is -9.84. The van der Waals surface area contributed by atoms with E-state index >= 15 is 0 Å². The van der Waals surface area contributed by atoms with Crippen LogP contribution in [-0.2, 0) is 13.4 Å². The van der Waals surface area contributed by atoms with Crippen LogP contribution in [0.2, 0.25) is 0 Å². The predicted octanol–water partition coefficient (Wildman–Crippen LogP) is 9.35. The average Bonchev–Trinajstić information content (AvgIpc) is 3.06. The highest BCUT2D eigenvalue weighted by Crippen LogP contribution is 2.51. The summed E-state index contributed by atoms with van der Waals surface area (Å²) in [5, 5.41) is 8.57. The minimum atomic E-state index is -5.25. The first-order chi connectivity index (χ1) is 23.1. The van der Waals surface area contributed by atoms with E-state index in [1.165, 1.54) is 170 Å². The number of rotatable bonds is 30. The zero-order chi connectivity index (χ0) is 38.1. The molecule has 0 bridgehead atoms. The Balaban J connectivity index is -0.000000649. The van der Waals surface area contributed by atoms with Crippen LogP contribution in [0.15, 0.2) is 11.6 Å². The van der Waals surface area contributed by atoms with Gasteiger partial charge in [0.15, 0.2) is 0 Å². The lowest BCUT2D eigenvalue weighted by atomic mass is 10.1. The first-order valence-electron chi connectivity index (χ1n) is 20.2. The van der Waals surface area contributed by atoms with E-state index in [2.05, 4.69) is 59.7 Å². The summed E-state index contributed by atoms with van der Waals surface area (Å²) >= 11 is 0. The van der Waals surface area contributed by atoms with Gasteiger partial charge in [-0.1, -0.05) is 118 Å². The van der Waals surface area contributed by atoms with Crippen molar-refractivity contribution in [3.63, 3.8) is 0 Å². The highest BCUT2D eigenvalue weighted by Gasteiger charge is 2.25. The molecule has 298 valence electrons. The van der Waals surface area contributed by atoms with Crippen LogP contribution in [0.25, 0.3) is 0 Å². The van der Waals surface area contributed by atoms with E-state index in [1.807, 2.05) is 0 Å². The minimum absolute atomic E-state index is 0.00711. The Morgan fingerprint density at radius 1 is 0.571 bits per heavy atom. The summed E-state index contributed by atoms with van der Waals surface area (Å²) in [5.74, 6) is 0. The molecule has 0 heterocycles. The molecular weight excluding hydrogens is 658 g/mol. The summed E-state index contributed by atoms with van der Waals surface area (Å²) in [5.41, 5.74) is 0.560. The Hall–Kier alpha value is -0.0800. The third kappa shape index (κ3) is 33.5. The molecule has 0 aliphatic heterocycles. The van der Waals surface area contributed by atoms with Crippen LogP contribution in [0.3, 0.4) is 0 Å². The zero-order valence-corrected chi connectivity index (χ0v) is 35.7. The van der Waals surface area contributed by atoms with Gasteiger partial charge in [0.2, 0.25) is 0 Å². The number of aliphatic hydroxyl groups is 1. The molecule has 2 unspecified atom stereocenters. The quantitative estimate of drug-likeness (QED) is 0.0426. The molecule has 9 nitrogen and oxygen atoms in total. The lowest BCUT2D eigenvalue weighted by molar-refractivity contribution is -0.929. The maximum atomic E-state index is 10.9. The van der Waals surface area contributed by atoms with Gasteiger partial charge in [-0.3, -0.25) is 8.88 Å². The Morgan fingerprint density at radius 2 is 0.816 bits per heavy atom. The number of quaternary nitrogens is 2. The van der Waals surface area contributed by atoms with E-state index in [4.69, 9.17) is 10.00 Å². The number of nitrogens with zero attached hydrogens (tertiary/aromatic N) is 2. The van der Waals surface area contributed by atoms with Gasteiger partial charge in [-0.05, 0) is 64.7 Å². The third-order valence-electron chi connectivity index (χ3n) is 9.26. The third-order valence-corrected chi connectivity index (χ3v) is 11.9. The number of hydrogen-bond donors (Lipinski definition) is 2. The topological polar surface area (TPSA) is 130 Å². The number of phosphoric acid groups is 1. The van der Waals surface area contributed by atoms with Gasteiger partial charge >= 0.3 is 0 Å². The fraction of sp³-hybridized carbons (Fsp3) is 0.947. The second-order valence-corrected chi connectivity index (χ2v) is 17.4. The SMILES string of the molecule is C/C(=C/CCP(=O)([O-])OP(=O)([O-])O)CO.CCCC[N+](CCCC)(CCCC)CCCC.CCCC[N+](CCCC)(CCCC)CCCC. The van der Waals surface area contributed by atoms with E-state index in [9.17, 15) is 18.9 Å². The van der Waals surface area contributed by atoms with Crippen molar-refractivity contribution >= 4 is 15.4 Å². The monoisotopic (exact) mass is 743 g/mol. The van der Waals surface area contributed by atoms with Crippen LogP contribution in [-0.4, -0.2) is 84.1 Å². The van der Waals surface area contributed by atoms with Gasteiger partial charge < -0.3 is 33.3 Å². The molecule has 0 fully saturated rings.